The molecule has 8 heteroatoms. The van der Waals surface area contributed by atoms with E-state index in [1.165, 1.54) is 19.2 Å². The van der Waals surface area contributed by atoms with Gasteiger partial charge in [0, 0.05) is 35.8 Å². The van der Waals surface area contributed by atoms with Crippen LogP contribution < -0.4 is 10.6 Å². The van der Waals surface area contributed by atoms with Crippen LogP contribution in [0.25, 0.3) is 11.3 Å². The number of aromatic amines is 1. The van der Waals surface area contributed by atoms with Gasteiger partial charge in [-0.25, -0.2) is 9.18 Å². The summed E-state index contributed by atoms with van der Waals surface area (Å²) in [5, 5.41) is 12.4. The molecule has 2 heterocycles. The fraction of sp³-hybridized carbons (Fsp3) is 0.118. The van der Waals surface area contributed by atoms with Crippen molar-refractivity contribution in [1.29, 1.82) is 0 Å². The van der Waals surface area contributed by atoms with Gasteiger partial charge in [-0.05, 0) is 30.3 Å². The Morgan fingerprint density at radius 3 is 2.92 bits per heavy atom. The Bertz CT molecular complexity index is 866. The van der Waals surface area contributed by atoms with Crippen LogP contribution in [0.15, 0.2) is 48.9 Å². The van der Waals surface area contributed by atoms with Gasteiger partial charge in [0.15, 0.2) is 0 Å². The van der Waals surface area contributed by atoms with E-state index < -0.39 is 11.9 Å². The molecule has 0 aliphatic rings. The smallest absolute Gasteiger partial charge is 0.411 e. The van der Waals surface area contributed by atoms with Crippen LogP contribution in [-0.2, 0) is 11.3 Å². The molecule has 128 valence electrons. The first kappa shape index (κ1) is 16.4. The van der Waals surface area contributed by atoms with E-state index in [0.717, 1.165) is 16.8 Å². The number of carbonyl (C=O) groups excluding carboxylic acids is 1. The van der Waals surface area contributed by atoms with Crippen LogP contribution in [0.4, 0.5) is 20.6 Å². The molecule has 0 bridgehead atoms. The Morgan fingerprint density at radius 1 is 1.32 bits per heavy atom. The van der Waals surface area contributed by atoms with Crippen LogP contribution in [0.1, 0.15) is 5.56 Å². The standard InChI is InChI=1S/C17H16FN5O2/c1-25-17(24)22-15-5-4-13(7-14(15)18)20-9-12-10-21-23-16(12)11-3-2-6-19-8-11/h2-8,10,20H,9H2,1H3,(H,21,23)(H,22,24). The van der Waals surface area contributed by atoms with E-state index in [2.05, 4.69) is 30.6 Å². The molecule has 0 saturated carbocycles. The van der Waals surface area contributed by atoms with Gasteiger partial charge in [-0.3, -0.25) is 15.4 Å². The highest BCUT2D eigenvalue weighted by Crippen LogP contribution is 2.23. The molecule has 0 spiro atoms. The quantitative estimate of drug-likeness (QED) is 0.661. The second kappa shape index (κ2) is 7.43. The van der Waals surface area contributed by atoms with Crippen molar-refractivity contribution in [3.8, 4) is 11.3 Å². The largest absolute Gasteiger partial charge is 0.453 e. The van der Waals surface area contributed by atoms with Crippen LogP contribution >= 0.6 is 0 Å². The zero-order chi connectivity index (χ0) is 17.6. The normalized spacial score (nSPS) is 10.3. The highest BCUT2D eigenvalue weighted by atomic mass is 19.1. The van der Waals surface area contributed by atoms with Crippen molar-refractivity contribution >= 4 is 17.5 Å². The summed E-state index contributed by atoms with van der Waals surface area (Å²) in [6.45, 7) is 0.448. The molecule has 0 saturated heterocycles. The molecule has 3 aromatic rings. The third-order valence-corrected chi connectivity index (χ3v) is 3.54. The average molecular weight is 341 g/mol. The Kier molecular flexibility index (Phi) is 4.89. The number of methoxy groups -OCH3 is 1. The fourth-order valence-electron chi connectivity index (χ4n) is 2.29. The highest BCUT2D eigenvalue weighted by molar-refractivity contribution is 5.85. The first-order valence-corrected chi connectivity index (χ1v) is 7.48. The third kappa shape index (κ3) is 3.92. The van der Waals surface area contributed by atoms with Gasteiger partial charge in [0.25, 0.3) is 0 Å². The molecule has 0 unspecified atom stereocenters. The number of anilines is 2. The van der Waals surface area contributed by atoms with Crippen molar-refractivity contribution in [3.63, 3.8) is 0 Å². The van der Waals surface area contributed by atoms with Gasteiger partial charge >= 0.3 is 6.09 Å². The van der Waals surface area contributed by atoms with Gasteiger partial charge in [0.2, 0.25) is 0 Å². The molecule has 0 fully saturated rings. The number of ether oxygens (including phenoxy) is 1. The summed E-state index contributed by atoms with van der Waals surface area (Å²) < 4.78 is 18.5. The second-order valence-corrected chi connectivity index (χ2v) is 5.18. The Morgan fingerprint density at radius 2 is 2.20 bits per heavy atom. The summed E-state index contributed by atoms with van der Waals surface area (Å²) in [6.07, 6.45) is 4.42. The maximum absolute atomic E-state index is 14.0. The van der Waals surface area contributed by atoms with E-state index in [1.54, 1.807) is 24.7 Å². The molecule has 0 aliphatic heterocycles. The molecule has 3 N–H and O–H groups in total. The van der Waals surface area contributed by atoms with Crippen molar-refractivity contribution in [3.05, 3.63) is 60.3 Å². The predicted octanol–water partition coefficient (Wildman–Crippen LogP) is 3.40. The number of H-pyrrole nitrogens is 1. The van der Waals surface area contributed by atoms with Gasteiger partial charge in [-0.1, -0.05) is 0 Å². The molecule has 0 atom stereocenters. The molecule has 1 aromatic carbocycles. The number of rotatable bonds is 5. The van der Waals surface area contributed by atoms with Crippen molar-refractivity contribution in [2.75, 3.05) is 17.7 Å². The molecular formula is C17H16FN5O2. The maximum Gasteiger partial charge on any atom is 0.411 e. The molecular weight excluding hydrogens is 325 g/mol. The molecule has 3 rings (SSSR count). The van der Waals surface area contributed by atoms with Gasteiger partial charge in [0.05, 0.1) is 24.7 Å². The number of benzene rings is 1. The first-order chi connectivity index (χ1) is 12.2. The van der Waals surface area contributed by atoms with Crippen LogP contribution in [-0.4, -0.2) is 28.4 Å². The zero-order valence-electron chi connectivity index (χ0n) is 13.4. The monoisotopic (exact) mass is 341 g/mol. The number of pyridine rings is 1. The number of hydrogen-bond donors (Lipinski definition) is 3. The van der Waals surface area contributed by atoms with Crippen molar-refractivity contribution in [1.82, 2.24) is 15.2 Å². The van der Waals surface area contributed by atoms with E-state index in [4.69, 9.17) is 0 Å². The van der Waals surface area contributed by atoms with Gasteiger partial charge in [0.1, 0.15) is 5.82 Å². The fourth-order valence-corrected chi connectivity index (χ4v) is 2.29. The lowest BCUT2D eigenvalue weighted by Gasteiger charge is -2.10. The Balaban J connectivity index is 1.70. The zero-order valence-corrected chi connectivity index (χ0v) is 13.4. The summed E-state index contributed by atoms with van der Waals surface area (Å²) >= 11 is 0. The van der Waals surface area contributed by atoms with Crippen LogP contribution in [0.2, 0.25) is 0 Å². The van der Waals surface area contributed by atoms with Crippen LogP contribution in [0, 0.1) is 5.82 Å². The van der Waals surface area contributed by atoms with E-state index >= 15 is 0 Å². The SMILES string of the molecule is COC(=O)Nc1ccc(NCc2cn[nH]c2-c2cccnc2)cc1F. The van der Waals surface area contributed by atoms with E-state index in [9.17, 15) is 9.18 Å². The lowest BCUT2D eigenvalue weighted by molar-refractivity contribution is 0.187. The maximum atomic E-state index is 14.0. The molecule has 25 heavy (non-hydrogen) atoms. The first-order valence-electron chi connectivity index (χ1n) is 7.48. The van der Waals surface area contributed by atoms with Crippen LogP contribution in [0.5, 0.6) is 0 Å². The van der Waals surface area contributed by atoms with Gasteiger partial charge in [-0.2, -0.15) is 5.10 Å². The molecule has 2 aromatic heterocycles. The van der Waals surface area contributed by atoms with Crippen molar-refractivity contribution in [2.45, 2.75) is 6.54 Å². The summed E-state index contributed by atoms with van der Waals surface area (Å²) in [5.74, 6) is -0.560. The third-order valence-electron chi connectivity index (χ3n) is 3.54. The second-order valence-electron chi connectivity index (χ2n) is 5.18. The Labute approximate surface area is 143 Å². The van der Waals surface area contributed by atoms with Crippen molar-refractivity contribution in [2.24, 2.45) is 0 Å². The number of aromatic nitrogens is 3. The summed E-state index contributed by atoms with van der Waals surface area (Å²) in [6, 6.07) is 8.20. The predicted molar refractivity (Wildman–Crippen MR) is 91.6 cm³/mol. The number of halogens is 1. The number of hydrogen-bond acceptors (Lipinski definition) is 5. The number of amides is 1. The van der Waals surface area contributed by atoms with Crippen molar-refractivity contribution < 1.29 is 13.9 Å². The Hall–Kier alpha value is -3.42. The lowest BCUT2D eigenvalue weighted by atomic mass is 10.1. The van der Waals surface area contributed by atoms with E-state index in [-0.39, 0.29) is 5.69 Å². The summed E-state index contributed by atoms with van der Waals surface area (Å²) in [7, 11) is 1.22. The summed E-state index contributed by atoms with van der Waals surface area (Å²) in [4.78, 5) is 15.2. The van der Waals surface area contributed by atoms with Crippen LogP contribution in [0.3, 0.4) is 0 Å². The minimum atomic E-state index is -0.723. The molecule has 7 nitrogen and oxygen atoms in total. The van der Waals surface area contributed by atoms with E-state index in [1.807, 2.05) is 12.1 Å². The van der Waals surface area contributed by atoms with E-state index in [0.29, 0.717) is 12.2 Å². The topological polar surface area (TPSA) is 91.9 Å². The lowest BCUT2D eigenvalue weighted by Crippen LogP contribution is -2.12. The minimum absolute atomic E-state index is 0.0526. The number of nitrogens with zero attached hydrogens (tertiary/aromatic N) is 2. The average Bonchev–Trinajstić information content (AvgIpc) is 3.11. The summed E-state index contributed by atoms with van der Waals surface area (Å²) in [5.41, 5.74) is 3.32. The van der Waals surface area contributed by atoms with Gasteiger partial charge in [-0.15, -0.1) is 0 Å². The number of carbonyl (C=O) groups is 1. The molecule has 1 amide bonds. The molecule has 0 radical (unpaired) electrons. The number of nitrogens with one attached hydrogen (secondary N) is 3. The highest BCUT2D eigenvalue weighted by Gasteiger charge is 2.10. The molecule has 0 aliphatic carbocycles. The minimum Gasteiger partial charge on any atom is -0.453 e. The van der Waals surface area contributed by atoms with Gasteiger partial charge < -0.3 is 10.1 Å².